The molecule has 0 saturated carbocycles. The Hall–Kier alpha value is -3.32. The third kappa shape index (κ3) is 5.09. The van der Waals surface area contributed by atoms with E-state index >= 15 is 0 Å². The van der Waals surface area contributed by atoms with Crippen molar-refractivity contribution in [3.8, 4) is 20.9 Å². The molecule has 0 radical (unpaired) electrons. The van der Waals surface area contributed by atoms with Crippen molar-refractivity contribution in [1.82, 2.24) is 0 Å². The number of carbonyl (C=O) groups excluding carboxylic acids is 2. The van der Waals surface area contributed by atoms with Crippen molar-refractivity contribution in [3.05, 3.63) is 56.9 Å². The minimum atomic E-state index is -1.15. The molecule has 34 heavy (non-hydrogen) atoms. The average molecular weight is 533 g/mol. The molecule has 0 unspecified atom stereocenters. The Labute approximate surface area is 209 Å². The number of carboxylic acids is 2. The highest BCUT2D eigenvalue weighted by Crippen LogP contribution is 2.39. The minimum absolute atomic E-state index is 0.0102. The molecular formula is C22H16N2O6S4. The number of rotatable bonds is 9. The summed E-state index contributed by atoms with van der Waals surface area (Å²) < 4.78 is 0. The SMILES string of the molecule is O=C(CCC(=O)Nc1scc(-c2cccs2)c1C(=O)O)Nc1scc(-c2cccs2)c1C(=O)O. The molecule has 0 saturated heterocycles. The lowest BCUT2D eigenvalue weighted by atomic mass is 10.1. The molecule has 2 amide bonds. The number of hydrogen-bond acceptors (Lipinski definition) is 8. The van der Waals surface area contributed by atoms with Crippen molar-refractivity contribution in [2.75, 3.05) is 10.6 Å². The number of amides is 2. The van der Waals surface area contributed by atoms with Gasteiger partial charge in [0.05, 0.1) is 0 Å². The van der Waals surface area contributed by atoms with Gasteiger partial charge in [0.1, 0.15) is 21.1 Å². The summed E-state index contributed by atoms with van der Waals surface area (Å²) in [6, 6.07) is 7.23. The highest BCUT2D eigenvalue weighted by Gasteiger charge is 2.23. The van der Waals surface area contributed by atoms with E-state index in [1.165, 1.54) is 22.7 Å². The maximum Gasteiger partial charge on any atom is 0.339 e. The van der Waals surface area contributed by atoms with Gasteiger partial charge in [-0.3, -0.25) is 9.59 Å². The maximum atomic E-state index is 12.4. The van der Waals surface area contributed by atoms with Gasteiger partial charge in [-0.25, -0.2) is 9.59 Å². The predicted molar refractivity (Wildman–Crippen MR) is 136 cm³/mol. The molecule has 0 aliphatic heterocycles. The number of carbonyl (C=O) groups is 4. The summed E-state index contributed by atoms with van der Waals surface area (Å²) in [4.78, 5) is 49.9. The van der Waals surface area contributed by atoms with E-state index in [1.54, 1.807) is 22.9 Å². The molecule has 0 aliphatic carbocycles. The molecule has 0 fully saturated rings. The maximum absolute atomic E-state index is 12.4. The molecule has 4 heterocycles. The summed E-state index contributed by atoms with van der Waals surface area (Å²) in [5.41, 5.74) is 1.08. The van der Waals surface area contributed by atoms with E-state index < -0.39 is 23.8 Å². The Balaban J connectivity index is 1.40. The van der Waals surface area contributed by atoms with Crippen LogP contribution in [0.4, 0.5) is 10.0 Å². The standard InChI is InChI=1S/C22H16N2O6S4/c25-15(23-19-17(21(27)28)11(9-33-19)13-3-1-7-31-13)5-6-16(26)24-20-18(22(29)30)12(10-34-20)14-4-2-8-32-14/h1-4,7-10H,5-6H2,(H,23,25)(H,24,26)(H,27,28)(H,29,30). The molecule has 0 aliphatic rings. The lowest BCUT2D eigenvalue weighted by Gasteiger charge is -2.07. The van der Waals surface area contributed by atoms with E-state index in [9.17, 15) is 29.4 Å². The van der Waals surface area contributed by atoms with Crippen molar-refractivity contribution in [3.63, 3.8) is 0 Å². The number of anilines is 2. The molecule has 4 aromatic rings. The second-order valence-corrected chi connectivity index (χ2v) is 10.5. The number of nitrogens with one attached hydrogen (secondary N) is 2. The second-order valence-electron chi connectivity index (χ2n) is 6.87. The number of carboxylic acid groups (broad SMARTS) is 2. The van der Waals surface area contributed by atoms with Crippen LogP contribution < -0.4 is 10.6 Å². The van der Waals surface area contributed by atoms with Gasteiger partial charge in [0, 0.05) is 44.5 Å². The van der Waals surface area contributed by atoms with Crippen LogP contribution in [0.3, 0.4) is 0 Å². The van der Waals surface area contributed by atoms with Gasteiger partial charge in [-0.05, 0) is 22.9 Å². The van der Waals surface area contributed by atoms with E-state index in [0.29, 0.717) is 11.1 Å². The normalized spacial score (nSPS) is 10.7. The Morgan fingerprint density at radius 1 is 0.676 bits per heavy atom. The van der Waals surface area contributed by atoms with Crippen molar-refractivity contribution in [2.45, 2.75) is 12.8 Å². The van der Waals surface area contributed by atoms with Gasteiger partial charge in [0.15, 0.2) is 0 Å². The lowest BCUT2D eigenvalue weighted by molar-refractivity contribution is -0.121. The molecule has 4 rings (SSSR count). The summed E-state index contributed by atoms with van der Waals surface area (Å²) in [6.45, 7) is 0. The van der Waals surface area contributed by atoms with Gasteiger partial charge in [0.25, 0.3) is 0 Å². The molecule has 0 bridgehead atoms. The van der Waals surface area contributed by atoms with Gasteiger partial charge < -0.3 is 20.8 Å². The summed E-state index contributed by atoms with van der Waals surface area (Å²) in [5, 5.41) is 31.8. The van der Waals surface area contributed by atoms with Crippen molar-refractivity contribution < 1.29 is 29.4 Å². The van der Waals surface area contributed by atoms with Crippen LogP contribution in [0.5, 0.6) is 0 Å². The monoisotopic (exact) mass is 532 g/mol. The zero-order valence-corrected chi connectivity index (χ0v) is 20.5. The lowest BCUT2D eigenvalue weighted by Crippen LogP contribution is -2.18. The van der Waals surface area contributed by atoms with Crippen LogP contribution in [-0.4, -0.2) is 34.0 Å². The number of aromatic carboxylic acids is 2. The molecule has 174 valence electrons. The third-order valence-corrected chi connectivity index (χ3v) is 8.27. The molecule has 0 atom stereocenters. The van der Waals surface area contributed by atoms with E-state index in [0.717, 1.165) is 32.4 Å². The smallest absolute Gasteiger partial charge is 0.339 e. The Bertz CT molecular complexity index is 1250. The van der Waals surface area contributed by atoms with Crippen LogP contribution in [0.15, 0.2) is 45.8 Å². The first-order valence-corrected chi connectivity index (χ1v) is 13.2. The topological polar surface area (TPSA) is 133 Å². The average Bonchev–Trinajstić information content (AvgIpc) is 3.58. The molecule has 0 aromatic carbocycles. The molecular weight excluding hydrogens is 517 g/mol. The van der Waals surface area contributed by atoms with Gasteiger partial charge in [-0.1, -0.05) is 12.1 Å². The largest absolute Gasteiger partial charge is 0.478 e. The van der Waals surface area contributed by atoms with Crippen LogP contribution in [0.25, 0.3) is 20.9 Å². The van der Waals surface area contributed by atoms with Crippen LogP contribution in [0.1, 0.15) is 33.6 Å². The fourth-order valence-electron chi connectivity index (χ4n) is 3.16. The summed E-state index contributed by atoms with van der Waals surface area (Å²) >= 11 is 5.00. The van der Waals surface area contributed by atoms with Gasteiger partial charge in [-0.15, -0.1) is 45.3 Å². The quantitative estimate of drug-likeness (QED) is 0.208. The van der Waals surface area contributed by atoms with Crippen molar-refractivity contribution >= 4 is 79.1 Å². The first kappa shape index (κ1) is 23.8. The zero-order chi connectivity index (χ0) is 24.2. The van der Waals surface area contributed by atoms with Crippen molar-refractivity contribution in [2.24, 2.45) is 0 Å². The molecule has 4 N–H and O–H groups in total. The fraction of sp³-hybridized carbons (Fsp3) is 0.0909. The van der Waals surface area contributed by atoms with Crippen molar-refractivity contribution in [1.29, 1.82) is 0 Å². The highest BCUT2D eigenvalue weighted by atomic mass is 32.1. The van der Waals surface area contributed by atoms with E-state index in [2.05, 4.69) is 10.6 Å². The first-order valence-electron chi connectivity index (χ1n) is 9.72. The fourth-order valence-corrected chi connectivity index (χ4v) is 6.74. The zero-order valence-electron chi connectivity index (χ0n) is 17.2. The van der Waals surface area contributed by atoms with E-state index in [4.69, 9.17) is 0 Å². The minimum Gasteiger partial charge on any atom is -0.478 e. The molecule has 0 spiro atoms. The summed E-state index contributed by atoms with van der Waals surface area (Å²) in [6.07, 6.45) is -0.384. The molecule has 12 heteroatoms. The van der Waals surface area contributed by atoms with E-state index in [-0.39, 0.29) is 34.0 Å². The Kier molecular flexibility index (Phi) is 7.22. The first-order chi connectivity index (χ1) is 16.3. The Morgan fingerprint density at radius 2 is 1.09 bits per heavy atom. The van der Waals surface area contributed by atoms with Crippen LogP contribution in [0.2, 0.25) is 0 Å². The highest BCUT2D eigenvalue weighted by molar-refractivity contribution is 7.17. The number of thiophene rings is 4. The number of hydrogen-bond donors (Lipinski definition) is 4. The van der Waals surface area contributed by atoms with Gasteiger partial charge >= 0.3 is 11.9 Å². The Morgan fingerprint density at radius 3 is 1.41 bits per heavy atom. The van der Waals surface area contributed by atoms with Crippen LogP contribution in [0, 0.1) is 0 Å². The summed E-state index contributed by atoms with van der Waals surface area (Å²) in [5.74, 6) is -3.33. The molecule has 4 aromatic heterocycles. The summed E-state index contributed by atoms with van der Waals surface area (Å²) in [7, 11) is 0. The van der Waals surface area contributed by atoms with E-state index in [1.807, 2.05) is 22.9 Å². The van der Waals surface area contributed by atoms with Gasteiger partial charge in [-0.2, -0.15) is 0 Å². The van der Waals surface area contributed by atoms with Gasteiger partial charge in [0.2, 0.25) is 11.8 Å². The van der Waals surface area contributed by atoms with Crippen LogP contribution in [-0.2, 0) is 9.59 Å². The second kappa shape index (κ2) is 10.3. The predicted octanol–water partition coefficient (Wildman–Crippen LogP) is 6.02. The third-order valence-electron chi connectivity index (χ3n) is 4.67. The molecule has 8 nitrogen and oxygen atoms in total. The van der Waals surface area contributed by atoms with Crippen LogP contribution >= 0.6 is 45.3 Å².